The monoisotopic (exact) mass is 258 g/mol. The minimum atomic E-state index is -0.761. The Morgan fingerprint density at radius 1 is 1.47 bits per heavy atom. The van der Waals surface area contributed by atoms with Gasteiger partial charge in [-0.05, 0) is 31.9 Å². The number of pyridine rings is 1. The summed E-state index contributed by atoms with van der Waals surface area (Å²) < 4.78 is 24.0. The second-order valence-corrected chi connectivity index (χ2v) is 5.85. The first kappa shape index (κ1) is 14.3. The van der Waals surface area contributed by atoms with Crippen LogP contribution < -0.4 is 5.32 Å². The second kappa shape index (κ2) is 6.81. The van der Waals surface area contributed by atoms with E-state index in [9.17, 15) is 8.60 Å². The molecule has 96 valence electrons. The van der Waals surface area contributed by atoms with Crippen molar-refractivity contribution in [1.82, 2.24) is 10.3 Å². The predicted molar refractivity (Wildman–Crippen MR) is 68.8 cm³/mol. The molecule has 0 aliphatic heterocycles. The maximum absolute atomic E-state index is 13.0. The zero-order chi connectivity index (χ0) is 12.8. The molecular formula is C12H19FN2OS. The van der Waals surface area contributed by atoms with Crippen LogP contribution in [0.3, 0.4) is 0 Å². The van der Waals surface area contributed by atoms with Crippen LogP contribution in [-0.4, -0.2) is 27.2 Å². The topological polar surface area (TPSA) is 42.0 Å². The highest BCUT2D eigenvalue weighted by atomic mass is 32.2. The third kappa shape index (κ3) is 5.37. The number of nitrogens with zero attached hydrogens (tertiary/aromatic N) is 1. The average molecular weight is 258 g/mol. The first-order valence-electron chi connectivity index (χ1n) is 5.65. The molecule has 0 amide bonds. The van der Waals surface area contributed by atoms with E-state index >= 15 is 0 Å². The van der Waals surface area contributed by atoms with Gasteiger partial charge in [-0.3, -0.25) is 9.19 Å². The molecule has 0 saturated heterocycles. The van der Waals surface area contributed by atoms with Crippen molar-refractivity contribution in [2.75, 3.05) is 12.0 Å². The molecule has 0 aliphatic rings. The highest BCUT2D eigenvalue weighted by molar-refractivity contribution is 7.84. The molecule has 3 unspecified atom stereocenters. The number of nitrogens with one attached hydrogen (secondary N) is 1. The summed E-state index contributed by atoms with van der Waals surface area (Å²) in [4.78, 5) is 3.82. The zero-order valence-electron chi connectivity index (χ0n) is 10.4. The summed E-state index contributed by atoms with van der Waals surface area (Å²) in [5.74, 6) is 0.362. The van der Waals surface area contributed by atoms with Crippen molar-refractivity contribution in [3.05, 3.63) is 29.8 Å². The van der Waals surface area contributed by atoms with E-state index in [1.165, 1.54) is 12.3 Å². The Kier molecular flexibility index (Phi) is 5.71. The third-order valence-corrected chi connectivity index (χ3v) is 3.41. The van der Waals surface area contributed by atoms with Crippen LogP contribution >= 0.6 is 0 Å². The van der Waals surface area contributed by atoms with Crippen LogP contribution in [0, 0.1) is 5.82 Å². The van der Waals surface area contributed by atoms with Gasteiger partial charge in [0.15, 0.2) is 0 Å². The van der Waals surface area contributed by atoms with Crippen molar-refractivity contribution in [1.29, 1.82) is 0 Å². The lowest BCUT2D eigenvalue weighted by Gasteiger charge is -2.19. The van der Waals surface area contributed by atoms with E-state index in [1.807, 2.05) is 13.8 Å². The van der Waals surface area contributed by atoms with Crippen molar-refractivity contribution in [2.45, 2.75) is 32.4 Å². The number of aromatic nitrogens is 1. The number of hydrogen-bond acceptors (Lipinski definition) is 3. The Labute approximate surface area is 104 Å². The molecular weight excluding hydrogens is 239 g/mol. The van der Waals surface area contributed by atoms with Crippen molar-refractivity contribution < 1.29 is 8.60 Å². The number of hydrogen-bond donors (Lipinski definition) is 1. The van der Waals surface area contributed by atoms with Crippen molar-refractivity contribution in [3.8, 4) is 0 Å². The second-order valence-electron chi connectivity index (χ2n) is 4.29. The Balaban J connectivity index is 2.48. The minimum absolute atomic E-state index is 0.0403. The lowest BCUT2D eigenvalue weighted by molar-refractivity contribution is 0.467. The quantitative estimate of drug-likeness (QED) is 0.849. The molecule has 3 nitrogen and oxygen atoms in total. The smallest absolute Gasteiger partial charge is 0.141 e. The standard InChI is InChI=1S/C12H19FN2OS/c1-9(4-5-17(3)16)15-10(2)11-6-12(13)8-14-7-11/h6-10,15H,4-5H2,1-3H3. The van der Waals surface area contributed by atoms with Gasteiger partial charge >= 0.3 is 0 Å². The van der Waals surface area contributed by atoms with Gasteiger partial charge in [0.1, 0.15) is 5.82 Å². The first-order chi connectivity index (χ1) is 7.99. The molecule has 1 rings (SSSR count). The summed E-state index contributed by atoms with van der Waals surface area (Å²) in [6, 6.07) is 1.77. The van der Waals surface area contributed by atoms with Crippen LogP contribution in [0.2, 0.25) is 0 Å². The molecule has 0 fully saturated rings. The van der Waals surface area contributed by atoms with Crippen molar-refractivity contribution in [3.63, 3.8) is 0 Å². The number of halogens is 1. The third-order valence-electron chi connectivity index (χ3n) is 2.60. The summed E-state index contributed by atoms with van der Waals surface area (Å²) in [6.45, 7) is 4.01. The Bertz CT molecular complexity index is 387. The van der Waals surface area contributed by atoms with Crippen molar-refractivity contribution >= 4 is 10.8 Å². The molecule has 0 spiro atoms. The minimum Gasteiger partial charge on any atom is -0.308 e. The van der Waals surface area contributed by atoms with Gasteiger partial charge in [0.25, 0.3) is 0 Å². The van der Waals surface area contributed by atoms with Crippen LogP contribution in [0.25, 0.3) is 0 Å². The molecule has 3 atom stereocenters. The Morgan fingerprint density at radius 2 is 2.18 bits per heavy atom. The number of rotatable bonds is 6. The van der Waals surface area contributed by atoms with Crippen LogP contribution in [-0.2, 0) is 10.8 Å². The lowest BCUT2D eigenvalue weighted by atomic mass is 10.1. The van der Waals surface area contributed by atoms with E-state index in [1.54, 1.807) is 12.5 Å². The van der Waals surface area contributed by atoms with E-state index in [2.05, 4.69) is 10.3 Å². The zero-order valence-corrected chi connectivity index (χ0v) is 11.3. The van der Waals surface area contributed by atoms with Gasteiger partial charge in [0, 0.05) is 41.1 Å². The summed E-state index contributed by atoms with van der Waals surface area (Å²) in [6.07, 6.45) is 5.40. The maximum Gasteiger partial charge on any atom is 0.141 e. The summed E-state index contributed by atoms with van der Waals surface area (Å²) in [5, 5.41) is 3.34. The van der Waals surface area contributed by atoms with E-state index in [-0.39, 0.29) is 17.9 Å². The summed E-state index contributed by atoms with van der Waals surface area (Å²) in [7, 11) is -0.761. The molecule has 1 N–H and O–H groups in total. The maximum atomic E-state index is 13.0. The lowest BCUT2D eigenvalue weighted by Crippen LogP contribution is -2.30. The van der Waals surface area contributed by atoms with Gasteiger partial charge in [-0.1, -0.05) is 0 Å². The molecule has 0 bridgehead atoms. The molecule has 1 aromatic heterocycles. The van der Waals surface area contributed by atoms with E-state index in [4.69, 9.17) is 0 Å². The average Bonchev–Trinajstić information content (AvgIpc) is 2.26. The highest BCUT2D eigenvalue weighted by Gasteiger charge is 2.10. The molecule has 5 heteroatoms. The molecule has 1 aromatic rings. The van der Waals surface area contributed by atoms with Gasteiger partial charge in [-0.25, -0.2) is 4.39 Å². The van der Waals surface area contributed by atoms with Gasteiger partial charge in [0.2, 0.25) is 0 Å². The fraction of sp³-hybridized carbons (Fsp3) is 0.583. The molecule has 1 heterocycles. The van der Waals surface area contributed by atoms with Crippen LogP contribution in [0.15, 0.2) is 18.5 Å². The Hall–Kier alpha value is -0.810. The van der Waals surface area contributed by atoms with E-state index in [0.717, 1.165) is 12.0 Å². The molecule has 0 saturated carbocycles. The predicted octanol–water partition coefficient (Wildman–Crippen LogP) is 2.03. The Morgan fingerprint density at radius 3 is 2.76 bits per heavy atom. The largest absolute Gasteiger partial charge is 0.308 e. The van der Waals surface area contributed by atoms with Gasteiger partial charge in [-0.2, -0.15) is 0 Å². The van der Waals surface area contributed by atoms with Gasteiger partial charge in [0.05, 0.1) is 6.20 Å². The fourth-order valence-electron chi connectivity index (χ4n) is 1.61. The molecule has 0 radical (unpaired) electrons. The summed E-state index contributed by atoms with van der Waals surface area (Å²) in [5.41, 5.74) is 0.828. The normalized spacial score (nSPS) is 16.5. The summed E-state index contributed by atoms with van der Waals surface area (Å²) >= 11 is 0. The fourth-order valence-corrected chi connectivity index (χ4v) is 2.30. The van der Waals surface area contributed by atoms with E-state index < -0.39 is 10.8 Å². The molecule has 0 aromatic carbocycles. The molecule has 17 heavy (non-hydrogen) atoms. The van der Waals surface area contributed by atoms with Gasteiger partial charge in [-0.15, -0.1) is 0 Å². The molecule has 0 aliphatic carbocycles. The van der Waals surface area contributed by atoms with Crippen LogP contribution in [0.4, 0.5) is 4.39 Å². The van der Waals surface area contributed by atoms with Crippen LogP contribution in [0.1, 0.15) is 31.9 Å². The SMILES string of the molecule is CC(CCS(C)=O)NC(C)c1cncc(F)c1. The highest BCUT2D eigenvalue weighted by Crippen LogP contribution is 2.13. The van der Waals surface area contributed by atoms with Crippen molar-refractivity contribution in [2.24, 2.45) is 0 Å². The van der Waals surface area contributed by atoms with E-state index in [0.29, 0.717) is 5.75 Å². The first-order valence-corrected chi connectivity index (χ1v) is 7.38. The van der Waals surface area contributed by atoms with Crippen LogP contribution in [0.5, 0.6) is 0 Å². The van der Waals surface area contributed by atoms with Gasteiger partial charge < -0.3 is 5.32 Å².